The molecule has 2 aromatic heterocycles. The Morgan fingerprint density at radius 1 is 1.03 bits per heavy atom. The van der Waals surface area contributed by atoms with Crippen LogP contribution in [0.25, 0.3) is 21.9 Å². The van der Waals surface area contributed by atoms with Crippen molar-refractivity contribution in [3.8, 4) is 11.4 Å². The molecule has 0 radical (unpaired) electrons. The van der Waals surface area contributed by atoms with Gasteiger partial charge in [-0.2, -0.15) is 9.50 Å². The Hall–Kier alpha value is -3.86. The molecule has 0 fully saturated rings. The summed E-state index contributed by atoms with van der Waals surface area (Å²) in [7, 11) is 0. The van der Waals surface area contributed by atoms with E-state index in [4.69, 9.17) is 11.6 Å². The Labute approximate surface area is 226 Å². The number of para-hydroxylation sites is 1. The highest BCUT2D eigenvalue weighted by Crippen LogP contribution is 2.35. The molecule has 1 N–H and O–H groups in total. The van der Waals surface area contributed by atoms with Gasteiger partial charge in [0.05, 0.1) is 11.3 Å². The Bertz CT molecular complexity index is 1830. The third-order valence-electron chi connectivity index (χ3n) is 5.82. The summed E-state index contributed by atoms with van der Waals surface area (Å²) in [6, 6.07) is 21.3. The van der Waals surface area contributed by atoms with Crippen LogP contribution >= 0.6 is 38.9 Å². The first-order valence-corrected chi connectivity index (χ1v) is 13.0. The smallest absolute Gasteiger partial charge is 0.291 e. The van der Waals surface area contributed by atoms with Crippen LogP contribution in [0, 0.1) is 0 Å². The number of nitrogens with zero attached hydrogens (tertiary/aromatic N) is 4. The lowest BCUT2D eigenvalue weighted by Crippen LogP contribution is -2.37. The van der Waals surface area contributed by atoms with Gasteiger partial charge in [-0.15, -0.1) is 5.10 Å². The molecule has 3 heterocycles. The quantitative estimate of drug-likeness (QED) is 0.339. The van der Waals surface area contributed by atoms with Crippen LogP contribution in [0.3, 0.4) is 0 Å². The van der Waals surface area contributed by atoms with Crippen LogP contribution in [-0.4, -0.2) is 33.0 Å². The number of rotatable bonds is 4. The molecule has 8 nitrogen and oxygen atoms in total. The van der Waals surface area contributed by atoms with E-state index < -0.39 is 17.4 Å². The molecule has 0 atom stereocenters. The number of anilines is 2. The Morgan fingerprint density at radius 3 is 2.57 bits per heavy atom. The van der Waals surface area contributed by atoms with Gasteiger partial charge in [-0.25, -0.2) is 0 Å². The predicted molar refractivity (Wildman–Crippen MR) is 147 cm³/mol. The normalized spacial score (nSPS) is 14.3. The second-order valence-electron chi connectivity index (χ2n) is 8.21. The molecule has 0 aliphatic carbocycles. The Balaban J connectivity index is 1.38. The molecule has 37 heavy (non-hydrogen) atoms. The molecule has 1 aliphatic heterocycles. The number of fused-ring (bicyclic) bond motifs is 2. The van der Waals surface area contributed by atoms with Crippen molar-refractivity contribution in [1.29, 1.82) is 0 Å². The van der Waals surface area contributed by atoms with Gasteiger partial charge < -0.3 is 5.32 Å². The number of aromatic nitrogens is 3. The van der Waals surface area contributed by atoms with E-state index in [0.717, 1.165) is 21.4 Å². The third kappa shape index (κ3) is 4.22. The standard InChI is InChI=1S/C26H15BrClN5O3S/c27-15-10-8-14(9-11-15)23-30-26-33(31-23)25(36)22(37-26)21-18-6-1-2-7-19(18)32(24(21)35)13-20(34)29-17-5-3-4-16(28)12-17/h1-12H,13H2,(H,29,34)/b22-21-. The number of halogens is 2. The first-order chi connectivity index (χ1) is 17.9. The van der Waals surface area contributed by atoms with Gasteiger partial charge in [-0.1, -0.05) is 75.3 Å². The molecule has 2 amide bonds. The van der Waals surface area contributed by atoms with E-state index in [2.05, 4.69) is 31.3 Å². The van der Waals surface area contributed by atoms with Crippen LogP contribution < -0.4 is 20.3 Å². The van der Waals surface area contributed by atoms with Gasteiger partial charge in [0, 0.05) is 26.3 Å². The molecule has 5 aromatic rings. The summed E-state index contributed by atoms with van der Waals surface area (Å²) >= 11 is 10.5. The van der Waals surface area contributed by atoms with E-state index in [-0.39, 0.29) is 16.7 Å². The first-order valence-electron chi connectivity index (χ1n) is 11.1. The van der Waals surface area contributed by atoms with Crippen LogP contribution in [0.5, 0.6) is 0 Å². The second-order valence-corrected chi connectivity index (χ2v) is 10.5. The average molecular weight is 593 g/mol. The minimum Gasteiger partial charge on any atom is -0.324 e. The fourth-order valence-electron chi connectivity index (χ4n) is 4.17. The molecule has 3 aromatic carbocycles. The lowest BCUT2D eigenvalue weighted by Gasteiger charge is -2.16. The zero-order valence-electron chi connectivity index (χ0n) is 18.8. The summed E-state index contributed by atoms with van der Waals surface area (Å²) in [6.45, 7) is -0.228. The molecule has 0 spiro atoms. The highest BCUT2D eigenvalue weighted by Gasteiger charge is 2.35. The first kappa shape index (κ1) is 23.5. The largest absolute Gasteiger partial charge is 0.324 e. The average Bonchev–Trinajstić information content (AvgIpc) is 3.51. The van der Waals surface area contributed by atoms with E-state index in [0.29, 0.717) is 32.7 Å². The molecule has 11 heteroatoms. The van der Waals surface area contributed by atoms with Gasteiger partial charge in [0.2, 0.25) is 10.9 Å². The highest BCUT2D eigenvalue weighted by molar-refractivity contribution is 9.10. The molecule has 0 bridgehead atoms. The van der Waals surface area contributed by atoms with Gasteiger partial charge >= 0.3 is 0 Å². The molecule has 0 unspecified atom stereocenters. The van der Waals surface area contributed by atoms with Crippen molar-refractivity contribution in [2.24, 2.45) is 0 Å². The summed E-state index contributed by atoms with van der Waals surface area (Å²) in [5.74, 6) is -0.405. The van der Waals surface area contributed by atoms with Crippen molar-refractivity contribution in [2.45, 2.75) is 0 Å². The maximum Gasteiger partial charge on any atom is 0.291 e. The van der Waals surface area contributed by atoms with Gasteiger partial charge in [-0.05, 0) is 36.4 Å². The number of hydrogen-bond acceptors (Lipinski definition) is 6. The lowest BCUT2D eigenvalue weighted by molar-refractivity contribution is -0.118. The number of amides is 2. The number of thiazole rings is 1. The maximum absolute atomic E-state index is 13.6. The van der Waals surface area contributed by atoms with Crippen molar-refractivity contribution in [1.82, 2.24) is 14.6 Å². The molecule has 0 saturated heterocycles. The Morgan fingerprint density at radius 2 is 1.81 bits per heavy atom. The zero-order valence-corrected chi connectivity index (χ0v) is 22.0. The predicted octanol–water partition coefficient (Wildman–Crippen LogP) is 4.14. The SMILES string of the molecule is O=C(CN1C(=O)/C(=c2\sc3nc(-c4ccc(Br)cc4)nn3c2=O)c2ccccc21)Nc1cccc(Cl)c1. The summed E-state index contributed by atoms with van der Waals surface area (Å²) in [4.78, 5) is 46.0. The van der Waals surface area contributed by atoms with E-state index in [1.54, 1.807) is 48.5 Å². The Kier molecular flexibility index (Phi) is 5.86. The molecule has 182 valence electrons. The van der Waals surface area contributed by atoms with Crippen molar-refractivity contribution in [3.05, 3.63) is 103 Å². The van der Waals surface area contributed by atoms with Crippen LogP contribution in [0.2, 0.25) is 5.02 Å². The summed E-state index contributed by atoms with van der Waals surface area (Å²) < 4.78 is 2.37. The van der Waals surface area contributed by atoms with Crippen LogP contribution in [-0.2, 0) is 9.59 Å². The lowest BCUT2D eigenvalue weighted by atomic mass is 10.1. The van der Waals surface area contributed by atoms with Gasteiger partial charge in [0.1, 0.15) is 11.1 Å². The monoisotopic (exact) mass is 591 g/mol. The molecule has 6 rings (SSSR count). The molecule has 1 aliphatic rings. The molecular formula is C26H15BrClN5O3S. The van der Waals surface area contributed by atoms with E-state index >= 15 is 0 Å². The third-order valence-corrected chi connectivity index (χ3v) is 7.61. The molecular weight excluding hydrogens is 578 g/mol. The number of carbonyl (C=O) groups excluding carboxylic acids is 2. The fourth-order valence-corrected chi connectivity index (χ4v) is 5.63. The summed E-state index contributed by atoms with van der Waals surface area (Å²) in [5.41, 5.74) is 2.23. The van der Waals surface area contributed by atoms with Crippen molar-refractivity contribution in [3.63, 3.8) is 0 Å². The van der Waals surface area contributed by atoms with E-state index in [1.807, 2.05) is 24.3 Å². The minimum absolute atomic E-state index is 0.228. The van der Waals surface area contributed by atoms with Crippen LogP contribution in [0.1, 0.15) is 5.56 Å². The van der Waals surface area contributed by atoms with Crippen molar-refractivity contribution < 1.29 is 9.59 Å². The number of hydrogen-bond donors (Lipinski definition) is 1. The van der Waals surface area contributed by atoms with Crippen molar-refractivity contribution >= 4 is 72.6 Å². The summed E-state index contributed by atoms with van der Waals surface area (Å²) in [6.07, 6.45) is 0. The minimum atomic E-state index is -0.433. The van der Waals surface area contributed by atoms with Gasteiger partial charge in [-0.3, -0.25) is 19.3 Å². The van der Waals surface area contributed by atoms with E-state index in [9.17, 15) is 14.4 Å². The van der Waals surface area contributed by atoms with Gasteiger partial charge in [0.15, 0.2) is 5.82 Å². The zero-order chi connectivity index (χ0) is 25.7. The van der Waals surface area contributed by atoms with Gasteiger partial charge in [0.25, 0.3) is 11.5 Å². The number of carbonyl (C=O) groups is 2. The second kappa shape index (κ2) is 9.22. The highest BCUT2D eigenvalue weighted by atomic mass is 79.9. The maximum atomic E-state index is 13.6. The number of benzene rings is 3. The van der Waals surface area contributed by atoms with E-state index in [1.165, 1.54) is 9.42 Å². The topological polar surface area (TPSA) is 96.7 Å². The summed E-state index contributed by atoms with van der Waals surface area (Å²) in [5, 5.41) is 7.62. The fraction of sp³-hybridized carbons (Fsp3) is 0.0385. The molecule has 0 saturated carbocycles. The van der Waals surface area contributed by atoms with Crippen molar-refractivity contribution in [2.75, 3.05) is 16.8 Å². The number of nitrogens with one attached hydrogen (secondary N) is 1. The van der Waals surface area contributed by atoms with Crippen LogP contribution in [0.15, 0.2) is 82.1 Å². The van der Waals surface area contributed by atoms with Crippen LogP contribution in [0.4, 0.5) is 11.4 Å².